The minimum Gasteiger partial charge on any atom is -0.464 e. The van der Waals surface area contributed by atoms with Crippen LogP contribution in [0.15, 0.2) is 47.1 Å². The highest BCUT2D eigenvalue weighted by atomic mass is 35.5. The molecular weight excluding hydrogens is 310 g/mol. The van der Waals surface area contributed by atoms with Crippen molar-refractivity contribution in [1.29, 1.82) is 0 Å². The van der Waals surface area contributed by atoms with Gasteiger partial charge >= 0.3 is 0 Å². The minimum absolute atomic E-state index is 0.0270. The molecule has 0 bridgehead atoms. The molecular formula is C19H18ClNO2. The SMILES string of the molecule is Cc1ccc2c(CC(=O)NCc3ccc(Cl)cc3)coc2c1C. The van der Waals surface area contributed by atoms with Gasteiger partial charge in [0.25, 0.3) is 0 Å². The second-order valence-electron chi connectivity index (χ2n) is 5.73. The fourth-order valence-electron chi connectivity index (χ4n) is 2.56. The fourth-order valence-corrected chi connectivity index (χ4v) is 2.69. The average molecular weight is 328 g/mol. The second kappa shape index (κ2) is 6.47. The zero-order valence-electron chi connectivity index (χ0n) is 13.2. The van der Waals surface area contributed by atoms with Gasteiger partial charge in [-0.15, -0.1) is 0 Å². The van der Waals surface area contributed by atoms with Crippen LogP contribution in [0.3, 0.4) is 0 Å². The smallest absolute Gasteiger partial charge is 0.224 e. The first kappa shape index (κ1) is 15.6. The Bertz CT molecular complexity index is 850. The average Bonchev–Trinajstić information content (AvgIpc) is 2.94. The van der Waals surface area contributed by atoms with E-state index in [1.165, 1.54) is 5.56 Å². The first-order valence-electron chi connectivity index (χ1n) is 7.52. The fraction of sp³-hybridized carbons (Fsp3) is 0.211. The van der Waals surface area contributed by atoms with Crippen molar-refractivity contribution in [1.82, 2.24) is 5.32 Å². The van der Waals surface area contributed by atoms with Gasteiger partial charge in [-0.2, -0.15) is 0 Å². The van der Waals surface area contributed by atoms with Gasteiger partial charge in [-0.25, -0.2) is 0 Å². The van der Waals surface area contributed by atoms with E-state index < -0.39 is 0 Å². The third-order valence-corrected chi connectivity index (χ3v) is 4.35. The van der Waals surface area contributed by atoms with Gasteiger partial charge in [-0.3, -0.25) is 4.79 Å². The van der Waals surface area contributed by atoms with Crippen molar-refractivity contribution in [3.05, 3.63) is 69.9 Å². The van der Waals surface area contributed by atoms with Crippen LogP contribution in [0.4, 0.5) is 0 Å². The van der Waals surface area contributed by atoms with Gasteiger partial charge in [0.1, 0.15) is 5.58 Å². The molecule has 0 aliphatic carbocycles. The van der Waals surface area contributed by atoms with Gasteiger partial charge in [0.05, 0.1) is 12.7 Å². The van der Waals surface area contributed by atoms with Crippen LogP contribution >= 0.6 is 11.6 Å². The van der Waals surface area contributed by atoms with E-state index in [4.69, 9.17) is 16.0 Å². The van der Waals surface area contributed by atoms with Crippen LogP contribution in [0, 0.1) is 13.8 Å². The van der Waals surface area contributed by atoms with Gasteiger partial charge in [0.15, 0.2) is 0 Å². The topological polar surface area (TPSA) is 42.2 Å². The molecule has 3 rings (SSSR count). The zero-order valence-corrected chi connectivity index (χ0v) is 13.9. The molecule has 4 heteroatoms. The minimum atomic E-state index is -0.0270. The highest BCUT2D eigenvalue weighted by Crippen LogP contribution is 2.26. The van der Waals surface area contributed by atoms with Crippen molar-refractivity contribution in [2.45, 2.75) is 26.8 Å². The summed E-state index contributed by atoms with van der Waals surface area (Å²) in [6.45, 7) is 4.57. The Balaban J connectivity index is 1.68. The van der Waals surface area contributed by atoms with Gasteiger partial charge < -0.3 is 9.73 Å². The predicted molar refractivity (Wildman–Crippen MR) is 92.7 cm³/mol. The van der Waals surface area contributed by atoms with E-state index in [9.17, 15) is 4.79 Å². The van der Waals surface area contributed by atoms with E-state index in [0.29, 0.717) is 18.0 Å². The Hall–Kier alpha value is -2.26. The number of halogens is 1. The first-order chi connectivity index (χ1) is 11.0. The van der Waals surface area contributed by atoms with Gasteiger partial charge in [-0.05, 0) is 42.7 Å². The van der Waals surface area contributed by atoms with Crippen molar-refractivity contribution >= 4 is 28.5 Å². The lowest BCUT2D eigenvalue weighted by Gasteiger charge is -2.05. The number of hydrogen-bond donors (Lipinski definition) is 1. The number of aryl methyl sites for hydroxylation is 2. The summed E-state index contributed by atoms with van der Waals surface area (Å²) >= 11 is 5.85. The molecule has 1 aromatic heterocycles. The van der Waals surface area contributed by atoms with Crippen molar-refractivity contribution < 1.29 is 9.21 Å². The monoisotopic (exact) mass is 327 g/mol. The molecule has 3 nitrogen and oxygen atoms in total. The molecule has 1 N–H and O–H groups in total. The third-order valence-electron chi connectivity index (χ3n) is 4.10. The summed E-state index contributed by atoms with van der Waals surface area (Å²) in [5.74, 6) is -0.0270. The summed E-state index contributed by atoms with van der Waals surface area (Å²) in [6, 6.07) is 11.5. The van der Waals surface area contributed by atoms with Crippen molar-refractivity contribution in [3.8, 4) is 0 Å². The molecule has 0 unspecified atom stereocenters. The molecule has 1 amide bonds. The molecule has 3 aromatic rings. The first-order valence-corrected chi connectivity index (χ1v) is 7.90. The summed E-state index contributed by atoms with van der Waals surface area (Å²) in [5.41, 5.74) is 5.11. The highest BCUT2D eigenvalue weighted by molar-refractivity contribution is 6.30. The molecule has 0 aliphatic heterocycles. The molecule has 118 valence electrons. The number of rotatable bonds is 4. The highest BCUT2D eigenvalue weighted by Gasteiger charge is 2.12. The van der Waals surface area contributed by atoms with E-state index in [1.807, 2.05) is 37.3 Å². The Morgan fingerprint density at radius 2 is 1.87 bits per heavy atom. The van der Waals surface area contributed by atoms with E-state index >= 15 is 0 Å². The summed E-state index contributed by atoms with van der Waals surface area (Å²) in [5, 5.41) is 4.62. The maximum Gasteiger partial charge on any atom is 0.224 e. The number of hydrogen-bond acceptors (Lipinski definition) is 2. The number of nitrogens with one attached hydrogen (secondary N) is 1. The Kier molecular flexibility index (Phi) is 4.39. The molecule has 1 heterocycles. The van der Waals surface area contributed by atoms with Crippen LogP contribution in [0.25, 0.3) is 11.0 Å². The Labute approximate surface area is 140 Å². The summed E-state index contributed by atoms with van der Waals surface area (Å²) in [4.78, 5) is 12.2. The molecule has 2 aromatic carbocycles. The predicted octanol–water partition coefficient (Wildman–Crippen LogP) is 4.56. The van der Waals surface area contributed by atoms with Crippen LogP contribution in [0.1, 0.15) is 22.3 Å². The van der Waals surface area contributed by atoms with E-state index in [1.54, 1.807) is 6.26 Å². The number of furan rings is 1. The summed E-state index contributed by atoms with van der Waals surface area (Å²) < 4.78 is 5.64. The van der Waals surface area contributed by atoms with Gasteiger partial charge in [-0.1, -0.05) is 35.9 Å². The molecule has 0 fully saturated rings. The lowest BCUT2D eigenvalue weighted by atomic mass is 10.0. The molecule has 0 spiro atoms. The number of benzene rings is 2. The largest absolute Gasteiger partial charge is 0.464 e. The molecule has 0 radical (unpaired) electrons. The Morgan fingerprint density at radius 1 is 1.13 bits per heavy atom. The van der Waals surface area contributed by atoms with Crippen LogP contribution in [-0.4, -0.2) is 5.91 Å². The van der Waals surface area contributed by atoms with Crippen LogP contribution < -0.4 is 5.32 Å². The zero-order chi connectivity index (χ0) is 16.4. The molecule has 0 saturated carbocycles. The number of amides is 1. The number of carbonyl (C=O) groups is 1. The third kappa shape index (κ3) is 3.40. The molecule has 23 heavy (non-hydrogen) atoms. The number of fused-ring (bicyclic) bond motifs is 1. The quantitative estimate of drug-likeness (QED) is 0.763. The maximum atomic E-state index is 12.2. The Morgan fingerprint density at radius 3 is 2.61 bits per heavy atom. The van der Waals surface area contributed by atoms with Gasteiger partial charge in [0, 0.05) is 22.5 Å². The van der Waals surface area contributed by atoms with Crippen LogP contribution in [0.2, 0.25) is 5.02 Å². The second-order valence-corrected chi connectivity index (χ2v) is 6.16. The van der Waals surface area contributed by atoms with Gasteiger partial charge in [0.2, 0.25) is 5.91 Å². The van der Waals surface area contributed by atoms with Crippen LogP contribution in [-0.2, 0) is 17.8 Å². The lowest BCUT2D eigenvalue weighted by Crippen LogP contribution is -2.24. The lowest BCUT2D eigenvalue weighted by molar-refractivity contribution is -0.120. The van der Waals surface area contributed by atoms with Crippen molar-refractivity contribution in [3.63, 3.8) is 0 Å². The van der Waals surface area contributed by atoms with E-state index in [2.05, 4.69) is 18.3 Å². The molecule has 0 saturated heterocycles. The summed E-state index contributed by atoms with van der Waals surface area (Å²) in [7, 11) is 0. The number of carbonyl (C=O) groups excluding carboxylic acids is 1. The van der Waals surface area contributed by atoms with E-state index in [0.717, 1.165) is 27.7 Å². The van der Waals surface area contributed by atoms with Crippen molar-refractivity contribution in [2.24, 2.45) is 0 Å². The van der Waals surface area contributed by atoms with Crippen LogP contribution in [0.5, 0.6) is 0 Å². The molecule has 0 atom stereocenters. The van der Waals surface area contributed by atoms with E-state index in [-0.39, 0.29) is 5.91 Å². The van der Waals surface area contributed by atoms with Crippen molar-refractivity contribution in [2.75, 3.05) is 0 Å². The standard InChI is InChI=1S/C19H18ClNO2/c1-12-3-8-17-15(11-23-19(17)13(12)2)9-18(22)21-10-14-4-6-16(20)7-5-14/h3-8,11H,9-10H2,1-2H3,(H,21,22). The molecule has 0 aliphatic rings. The maximum absolute atomic E-state index is 12.2. The normalized spacial score (nSPS) is 10.9. The summed E-state index contributed by atoms with van der Waals surface area (Å²) in [6.07, 6.45) is 1.99.